The van der Waals surface area contributed by atoms with Gasteiger partial charge in [-0.1, -0.05) is 74.2 Å². The van der Waals surface area contributed by atoms with Gasteiger partial charge in [-0.15, -0.1) is 0 Å². The van der Waals surface area contributed by atoms with E-state index < -0.39 is 17.6 Å². The lowest BCUT2D eigenvalue weighted by atomic mass is 9.98. The number of benzene rings is 2. The van der Waals surface area contributed by atoms with Gasteiger partial charge in [-0.05, 0) is 24.0 Å². The fourth-order valence-electron chi connectivity index (χ4n) is 4.10. The molecule has 1 heterocycles. The molecule has 0 bridgehead atoms. The predicted octanol–water partition coefficient (Wildman–Crippen LogP) is 4.91. The van der Waals surface area contributed by atoms with Crippen LogP contribution in [0.25, 0.3) is 11.1 Å². The molecule has 1 saturated carbocycles. The SMILES string of the molecule is O=C(O)C(CC1CCCC1)n1ncc(Oc2ccccc2-c2ccccc2)cc1=O. The zero-order valence-corrected chi connectivity index (χ0v) is 16.6. The highest BCUT2D eigenvalue weighted by molar-refractivity contribution is 5.72. The molecule has 1 atom stereocenters. The van der Waals surface area contributed by atoms with Crippen LogP contribution in [0, 0.1) is 5.92 Å². The van der Waals surface area contributed by atoms with Crippen molar-refractivity contribution in [3.8, 4) is 22.6 Å². The highest BCUT2D eigenvalue weighted by Crippen LogP contribution is 2.33. The molecule has 1 aromatic heterocycles. The first-order chi connectivity index (χ1) is 14.6. The largest absolute Gasteiger partial charge is 0.480 e. The summed E-state index contributed by atoms with van der Waals surface area (Å²) in [6.07, 6.45) is 6.10. The van der Waals surface area contributed by atoms with Gasteiger partial charge in [-0.2, -0.15) is 5.10 Å². The summed E-state index contributed by atoms with van der Waals surface area (Å²) in [5, 5.41) is 13.8. The molecule has 0 radical (unpaired) electrons. The number of rotatable bonds is 7. The Morgan fingerprint density at radius 2 is 1.80 bits per heavy atom. The molecule has 0 saturated heterocycles. The number of nitrogens with zero attached hydrogens (tertiary/aromatic N) is 2. The zero-order chi connectivity index (χ0) is 20.9. The van der Waals surface area contributed by atoms with E-state index in [1.54, 1.807) is 0 Å². The van der Waals surface area contributed by atoms with E-state index in [1.165, 1.54) is 12.3 Å². The quantitative estimate of drug-likeness (QED) is 0.605. The minimum Gasteiger partial charge on any atom is -0.480 e. The van der Waals surface area contributed by atoms with Crippen LogP contribution >= 0.6 is 0 Å². The number of aliphatic carboxylic acids is 1. The molecule has 6 nitrogen and oxygen atoms in total. The molecular weight excluding hydrogens is 380 g/mol. The fourth-order valence-corrected chi connectivity index (χ4v) is 4.10. The summed E-state index contributed by atoms with van der Waals surface area (Å²) in [6.45, 7) is 0. The monoisotopic (exact) mass is 404 g/mol. The molecule has 1 unspecified atom stereocenters. The van der Waals surface area contributed by atoms with Crippen LogP contribution in [0.3, 0.4) is 0 Å². The molecule has 1 aliphatic carbocycles. The van der Waals surface area contributed by atoms with Crippen molar-refractivity contribution in [2.24, 2.45) is 5.92 Å². The Kier molecular flexibility index (Phi) is 5.93. The molecular formula is C24H24N2O4. The lowest BCUT2D eigenvalue weighted by Gasteiger charge is -2.18. The highest BCUT2D eigenvalue weighted by atomic mass is 16.5. The Morgan fingerprint density at radius 3 is 2.50 bits per heavy atom. The second-order valence-electron chi connectivity index (χ2n) is 7.68. The molecule has 30 heavy (non-hydrogen) atoms. The van der Waals surface area contributed by atoms with Crippen molar-refractivity contribution < 1.29 is 14.6 Å². The lowest BCUT2D eigenvalue weighted by molar-refractivity contribution is -0.142. The minimum atomic E-state index is -1.03. The first-order valence-corrected chi connectivity index (χ1v) is 10.3. The molecule has 0 aliphatic heterocycles. The zero-order valence-electron chi connectivity index (χ0n) is 16.6. The second kappa shape index (κ2) is 8.95. The molecule has 1 fully saturated rings. The van der Waals surface area contributed by atoms with Crippen molar-refractivity contribution in [3.63, 3.8) is 0 Å². The molecule has 6 heteroatoms. The average molecular weight is 404 g/mol. The van der Waals surface area contributed by atoms with Crippen LogP contribution < -0.4 is 10.3 Å². The van der Waals surface area contributed by atoms with Gasteiger partial charge < -0.3 is 9.84 Å². The van der Waals surface area contributed by atoms with Gasteiger partial charge in [0.15, 0.2) is 11.8 Å². The number of carboxylic acid groups (broad SMARTS) is 1. The normalized spacial score (nSPS) is 15.1. The maximum atomic E-state index is 12.7. The topological polar surface area (TPSA) is 81.4 Å². The van der Waals surface area contributed by atoms with Crippen molar-refractivity contribution in [1.29, 1.82) is 0 Å². The maximum Gasteiger partial charge on any atom is 0.328 e. The third kappa shape index (κ3) is 4.43. The van der Waals surface area contributed by atoms with Crippen molar-refractivity contribution in [1.82, 2.24) is 9.78 Å². The van der Waals surface area contributed by atoms with E-state index in [1.807, 2.05) is 54.6 Å². The highest BCUT2D eigenvalue weighted by Gasteiger charge is 2.28. The molecule has 154 valence electrons. The Hall–Kier alpha value is -3.41. The predicted molar refractivity (Wildman–Crippen MR) is 114 cm³/mol. The minimum absolute atomic E-state index is 0.282. The standard InChI is InChI=1S/C24H24N2O4/c27-23-15-19(16-25-26(23)21(24(28)29)14-17-8-4-5-9-17)30-22-13-7-6-12-20(22)18-10-2-1-3-11-18/h1-3,6-7,10-13,15-17,21H,4-5,8-9,14H2,(H,28,29). The van der Waals surface area contributed by atoms with Crippen LogP contribution in [-0.4, -0.2) is 20.9 Å². The van der Waals surface area contributed by atoms with E-state index in [9.17, 15) is 14.7 Å². The number of carbonyl (C=O) groups is 1. The van der Waals surface area contributed by atoms with Crippen LogP contribution in [0.5, 0.6) is 11.5 Å². The second-order valence-corrected chi connectivity index (χ2v) is 7.68. The van der Waals surface area contributed by atoms with Crippen LogP contribution in [0.4, 0.5) is 0 Å². The van der Waals surface area contributed by atoms with E-state index in [-0.39, 0.29) is 5.75 Å². The third-order valence-corrected chi connectivity index (χ3v) is 5.61. The number of aromatic nitrogens is 2. The Labute approximate surface area is 174 Å². The third-order valence-electron chi connectivity index (χ3n) is 5.61. The summed E-state index contributed by atoms with van der Waals surface area (Å²) < 4.78 is 7.02. The van der Waals surface area contributed by atoms with Gasteiger partial charge in [0.05, 0.1) is 6.20 Å². The van der Waals surface area contributed by atoms with Gasteiger partial charge >= 0.3 is 5.97 Å². The summed E-state index contributed by atoms with van der Waals surface area (Å²) in [7, 11) is 0. The van der Waals surface area contributed by atoms with Crippen molar-refractivity contribution in [2.45, 2.75) is 38.1 Å². The molecule has 0 amide bonds. The number of carboxylic acids is 1. The summed E-state index contributed by atoms with van der Waals surface area (Å²) in [4.78, 5) is 24.4. The maximum absolute atomic E-state index is 12.7. The van der Waals surface area contributed by atoms with Crippen LogP contribution in [0.1, 0.15) is 38.1 Å². The molecule has 0 spiro atoms. The first-order valence-electron chi connectivity index (χ1n) is 10.3. The Bertz CT molecular complexity index is 1070. The van der Waals surface area contributed by atoms with Crippen LogP contribution in [0.15, 0.2) is 71.7 Å². The van der Waals surface area contributed by atoms with Crippen molar-refractivity contribution in [3.05, 3.63) is 77.2 Å². The van der Waals surface area contributed by atoms with Gasteiger partial charge in [0.2, 0.25) is 0 Å². The number of para-hydroxylation sites is 1. The summed E-state index contributed by atoms with van der Waals surface area (Å²) in [5.41, 5.74) is 1.42. The van der Waals surface area contributed by atoms with E-state index in [2.05, 4.69) is 5.10 Å². The van der Waals surface area contributed by atoms with E-state index in [0.29, 0.717) is 18.1 Å². The fraction of sp³-hybridized carbons (Fsp3) is 0.292. The summed E-state index contributed by atoms with van der Waals surface area (Å²) in [6, 6.07) is 17.7. The molecule has 1 N–H and O–H groups in total. The number of hydrogen-bond acceptors (Lipinski definition) is 4. The van der Waals surface area contributed by atoms with Crippen LogP contribution in [0.2, 0.25) is 0 Å². The van der Waals surface area contributed by atoms with Gasteiger partial charge in [0.25, 0.3) is 5.56 Å². The first kappa shape index (κ1) is 19.9. The summed E-state index contributed by atoms with van der Waals surface area (Å²) in [5.74, 6) is 0.182. The van der Waals surface area contributed by atoms with Crippen LogP contribution in [-0.2, 0) is 4.79 Å². The van der Waals surface area contributed by atoms with Gasteiger partial charge in [0, 0.05) is 11.6 Å². The van der Waals surface area contributed by atoms with E-state index >= 15 is 0 Å². The number of hydrogen-bond donors (Lipinski definition) is 1. The smallest absolute Gasteiger partial charge is 0.328 e. The van der Waals surface area contributed by atoms with E-state index in [0.717, 1.165) is 41.5 Å². The molecule has 1 aliphatic rings. The van der Waals surface area contributed by atoms with Crippen molar-refractivity contribution >= 4 is 5.97 Å². The molecule has 3 aromatic rings. The Morgan fingerprint density at radius 1 is 1.10 bits per heavy atom. The summed E-state index contributed by atoms with van der Waals surface area (Å²) >= 11 is 0. The average Bonchev–Trinajstić information content (AvgIpc) is 3.27. The van der Waals surface area contributed by atoms with Gasteiger partial charge in [-0.3, -0.25) is 4.79 Å². The Balaban J connectivity index is 1.58. The van der Waals surface area contributed by atoms with Gasteiger partial charge in [-0.25, -0.2) is 9.48 Å². The van der Waals surface area contributed by atoms with Gasteiger partial charge in [0.1, 0.15) is 5.75 Å². The molecule has 2 aromatic carbocycles. The number of ether oxygens (including phenoxy) is 1. The van der Waals surface area contributed by atoms with Crippen molar-refractivity contribution in [2.75, 3.05) is 0 Å². The van der Waals surface area contributed by atoms with E-state index in [4.69, 9.17) is 4.74 Å². The lowest BCUT2D eigenvalue weighted by Crippen LogP contribution is -2.32. The molecule has 4 rings (SSSR count).